The van der Waals surface area contributed by atoms with E-state index in [1.54, 1.807) is 0 Å². The minimum absolute atomic E-state index is 0. The summed E-state index contributed by atoms with van der Waals surface area (Å²) in [4.78, 5) is 10.0. The van der Waals surface area contributed by atoms with Crippen molar-refractivity contribution in [2.45, 2.75) is 0 Å². The van der Waals surface area contributed by atoms with Crippen LogP contribution in [0.5, 0.6) is 0 Å². The predicted octanol–water partition coefficient (Wildman–Crippen LogP) is -2.86. The first kappa shape index (κ1) is 16.2. The molecule has 0 saturated carbocycles. The fourth-order valence-electron chi connectivity index (χ4n) is 0.861. The molecule has 84 valence electrons. The van der Waals surface area contributed by atoms with Gasteiger partial charge in [-0.05, 0) is 24.4 Å². The molecule has 1 heterocycles. The zero-order valence-electron chi connectivity index (χ0n) is 8.55. The third-order valence-electron chi connectivity index (χ3n) is 1.37. The Morgan fingerprint density at radius 1 is 1.44 bits per heavy atom. The number of aromatic amines is 2. The second kappa shape index (κ2) is 6.19. The maximum Gasteiger partial charge on any atom is 1.00 e. The number of hydrogen-bond acceptors (Lipinski definition) is 7. The number of nitrogens with one attached hydrogen (secondary N) is 2. The van der Waals surface area contributed by atoms with E-state index in [9.17, 15) is 13.0 Å². The first-order valence-electron chi connectivity index (χ1n) is 3.63. The van der Waals surface area contributed by atoms with Crippen LogP contribution in [0.2, 0.25) is 0 Å². The van der Waals surface area contributed by atoms with E-state index in [0.29, 0.717) is 0 Å². The van der Waals surface area contributed by atoms with E-state index in [1.807, 2.05) is 0 Å². The molecule has 0 aromatic carbocycles. The molecule has 0 aliphatic carbocycles. The predicted molar refractivity (Wildman–Crippen MR) is 57.6 cm³/mol. The Morgan fingerprint density at radius 2 is 2.00 bits per heavy atom. The molecule has 11 heteroatoms. The Labute approximate surface area is 124 Å². The molecule has 0 amide bonds. The molecule has 16 heavy (non-hydrogen) atoms. The van der Waals surface area contributed by atoms with Crippen molar-refractivity contribution < 1.29 is 42.5 Å². The molecule has 0 fully saturated rings. The van der Waals surface area contributed by atoms with Gasteiger partial charge in [-0.1, -0.05) is 0 Å². The maximum atomic E-state index is 10.5. The number of rotatable bonds is 3. The molecule has 2 N–H and O–H groups in total. The van der Waals surface area contributed by atoms with Crippen LogP contribution in [0.15, 0.2) is 0 Å². The summed E-state index contributed by atoms with van der Waals surface area (Å²) in [6.45, 7) is 0. The van der Waals surface area contributed by atoms with Crippen LogP contribution in [0.4, 0.5) is 5.95 Å². The van der Waals surface area contributed by atoms with E-state index < -0.39 is 16.0 Å². The Morgan fingerprint density at radius 3 is 2.44 bits per heavy atom. The first-order valence-corrected chi connectivity index (χ1v) is 6.03. The summed E-state index contributed by atoms with van der Waals surface area (Å²) in [5.41, 5.74) is 0. The SMILES string of the molecule is CN(CS(=O)(=O)[O-])c1nc(=S)[nH]c(=S)[nH]1.[Na+]. The van der Waals surface area contributed by atoms with E-state index in [1.165, 1.54) is 7.05 Å². The van der Waals surface area contributed by atoms with Gasteiger partial charge in [0.1, 0.15) is 16.0 Å². The molecule has 0 atom stereocenters. The van der Waals surface area contributed by atoms with Crippen molar-refractivity contribution in [3.63, 3.8) is 0 Å². The van der Waals surface area contributed by atoms with Gasteiger partial charge in [-0.15, -0.1) is 0 Å². The van der Waals surface area contributed by atoms with Crippen LogP contribution in [-0.4, -0.2) is 40.8 Å². The van der Waals surface area contributed by atoms with E-state index in [4.69, 9.17) is 24.4 Å². The van der Waals surface area contributed by atoms with E-state index in [2.05, 4.69) is 15.0 Å². The first-order chi connectivity index (χ1) is 6.78. The van der Waals surface area contributed by atoms with Gasteiger partial charge in [0.25, 0.3) is 0 Å². The molecule has 0 unspecified atom stereocenters. The topological polar surface area (TPSA) is 105 Å². The third kappa shape index (κ3) is 5.48. The minimum Gasteiger partial charge on any atom is -0.747 e. The summed E-state index contributed by atoms with van der Waals surface area (Å²) in [7, 11) is -2.97. The largest absolute Gasteiger partial charge is 1.00 e. The van der Waals surface area contributed by atoms with E-state index >= 15 is 0 Å². The molecule has 1 aromatic heterocycles. The molecule has 0 bridgehead atoms. The zero-order chi connectivity index (χ0) is 11.6. The summed E-state index contributed by atoms with van der Waals surface area (Å²) < 4.78 is 31.8. The smallest absolute Gasteiger partial charge is 0.747 e. The van der Waals surface area contributed by atoms with Crippen LogP contribution in [-0.2, 0) is 10.1 Å². The van der Waals surface area contributed by atoms with Crippen LogP contribution >= 0.6 is 24.4 Å². The molecular formula is C5H7N4NaO3S3. The van der Waals surface area contributed by atoms with Gasteiger partial charge in [-0.3, -0.25) is 0 Å². The quantitative estimate of drug-likeness (QED) is 0.350. The molecule has 0 saturated heterocycles. The van der Waals surface area contributed by atoms with Crippen molar-refractivity contribution in [2.75, 3.05) is 17.8 Å². The summed E-state index contributed by atoms with van der Waals surface area (Å²) >= 11 is 9.52. The molecule has 1 rings (SSSR count). The summed E-state index contributed by atoms with van der Waals surface area (Å²) in [6.07, 6.45) is 0. The van der Waals surface area contributed by atoms with Crippen LogP contribution in [0.1, 0.15) is 0 Å². The molecule has 0 aliphatic rings. The Kier molecular flexibility index (Phi) is 6.25. The van der Waals surface area contributed by atoms with E-state index in [0.717, 1.165) is 4.90 Å². The molecule has 0 radical (unpaired) electrons. The Hall–Kier alpha value is 0.160. The Balaban J connectivity index is 0.00000225. The van der Waals surface area contributed by atoms with Gasteiger partial charge in [-0.2, -0.15) is 4.98 Å². The Bertz CT molecular complexity index is 537. The summed E-state index contributed by atoms with van der Waals surface area (Å²) in [6, 6.07) is 0. The van der Waals surface area contributed by atoms with Crippen molar-refractivity contribution in [1.29, 1.82) is 0 Å². The van der Waals surface area contributed by atoms with Gasteiger partial charge in [0, 0.05) is 7.05 Å². The number of H-pyrrole nitrogens is 2. The van der Waals surface area contributed by atoms with E-state index in [-0.39, 0.29) is 45.0 Å². The second-order valence-electron chi connectivity index (χ2n) is 2.70. The average Bonchev–Trinajstić information content (AvgIpc) is 1.98. The van der Waals surface area contributed by atoms with Crippen molar-refractivity contribution in [2.24, 2.45) is 0 Å². The molecule has 0 spiro atoms. The maximum absolute atomic E-state index is 10.5. The standard InChI is InChI=1S/C5H8N4O3S3.Na/c1-9(2-15(10,11)12)3-6-4(13)8-5(14)7-3;/h2H2,1H3,(H,10,11,12)(H2,6,7,8,13,14);/q;+1/p-1. The van der Waals surface area contributed by atoms with Gasteiger partial charge < -0.3 is 19.4 Å². The van der Waals surface area contributed by atoms with Gasteiger partial charge in [-0.25, -0.2) is 8.42 Å². The molecular weight excluding hydrogens is 283 g/mol. The minimum atomic E-state index is -4.36. The number of hydrogen-bond donors (Lipinski definition) is 2. The monoisotopic (exact) mass is 290 g/mol. The molecule has 7 nitrogen and oxygen atoms in total. The van der Waals surface area contributed by atoms with Gasteiger partial charge in [0.2, 0.25) is 10.7 Å². The van der Waals surface area contributed by atoms with Crippen LogP contribution < -0.4 is 34.5 Å². The van der Waals surface area contributed by atoms with Crippen LogP contribution in [0.3, 0.4) is 0 Å². The van der Waals surface area contributed by atoms with Gasteiger partial charge >= 0.3 is 29.6 Å². The normalized spacial score (nSPS) is 10.6. The van der Waals surface area contributed by atoms with Gasteiger partial charge in [0.05, 0.1) is 0 Å². The number of anilines is 1. The summed E-state index contributed by atoms with van der Waals surface area (Å²) in [5.74, 6) is -0.576. The molecule has 1 aromatic rings. The average molecular weight is 290 g/mol. The van der Waals surface area contributed by atoms with Crippen molar-refractivity contribution in [3.05, 3.63) is 9.54 Å². The zero-order valence-corrected chi connectivity index (χ0v) is 13.0. The third-order valence-corrected chi connectivity index (χ3v) is 2.47. The van der Waals surface area contributed by atoms with Gasteiger partial charge in [0.15, 0.2) is 4.77 Å². The van der Waals surface area contributed by atoms with Crippen molar-refractivity contribution in [1.82, 2.24) is 15.0 Å². The summed E-state index contributed by atoms with van der Waals surface area (Å²) in [5, 5.41) is 0. The van der Waals surface area contributed by atoms with Crippen molar-refractivity contribution in [3.8, 4) is 0 Å². The van der Waals surface area contributed by atoms with Crippen LogP contribution in [0.25, 0.3) is 0 Å². The van der Waals surface area contributed by atoms with Crippen molar-refractivity contribution >= 4 is 40.5 Å². The van der Waals surface area contributed by atoms with Crippen LogP contribution in [0, 0.1) is 9.54 Å². The molecule has 0 aliphatic heterocycles. The number of aromatic nitrogens is 3. The second-order valence-corrected chi connectivity index (χ2v) is 4.87. The fourth-order valence-corrected chi connectivity index (χ4v) is 1.90. The number of nitrogens with zero attached hydrogens (tertiary/aromatic N) is 2. The fraction of sp³-hybridized carbons (Fsp3) is 0.400.